The molecule has 9 heavy (non-hydrogen) atoms. The molecule has 0 rings (SSSR count). The van der Waals surface area contributed by atoms with Gasteiger partial charge in [-0.1, -0.05) is 10.8 Å². The molecule has 0 N–H and O–H groups in total. The maximum atomic E-state index is 4.19. The molecule has 0 atom stereocenters. The fourth-order valence-corrected chi connectivity index (χ4v) is 2.04. The number of hydrogen-bond donors (Lipinski definition) is 3. The second-order valence-electron chi connectivity index (χ2n) is 1.85. The van der Waals surface area contributed by atoms with Crippen molar-refractivity contribution in [2.45, 2.75) is 6.42 Å². The summed E-state index contributed by atoms with van der Waals surface area (Å²) in [6.07, 6.45) is 1.18. The van der Waals surface area contributed by atoms with Crippen molar-refractivity contribution in [1.29, 1.82) is 0 Å². The maximum Gasteiger partial charge on any atom is 0.00377 e. The highest BCUT2D eigenvalue weighted by atomic mass is 33.1. The predicted octanol–water partition coefficient (Wildman–Crippen LogP) is 2.43. The second kappa shape index (κ2) is 7.51. The molecule has 56 valence electrons. The summed E-state index contributed by atoms with van der Waals surface area (Å²) in [5.41, 5.74) is 0. The van der Waals surface area contributed by atoms with Crippen LogP contribution in [0.15, 0.2) is 0 Å². The van der Waals surface area contributed by atoms with Gasteiger partial charge in [-0.15, -0.1) is 11.7 Å². The molecule has 0 saturated heterocycles. The molecule has 4 heteroatoms. The third-order valence-corrected chi connectivity index (χ3v) is 3.13. The van der Waals surface area contributed by atoms with E-state index in [4.69, 9.17) is 0 Å². The molecule has 0 aliphatic rings. The van der Waals surface area contributed by atoms with Gasteiger partial charge >= 0.3 is 0 Å². The third kappa shape index (κ3) is 5.83. The van der Waals surface area contributed by atoms with Crippen molar-refractivity contribution in [3.63, 3.8) is 0 Å². The van der Waals surface area contributed by atoms with Crippen LogP contribution in [0.2, 0.25) is 0 Å². The van der Waals surface area contributed by atoms with Gasteiger partial charge in [0, 0.05) is 5.75 Å². The molecule has 0 heterocycles. The molecule has 0 nitrogen and oxygen atoms in total. The first-order valence-corrected chi connectivity index (χ1v) is 6.13. The molecule has 0 fully saturated rings. The SMILES string of the molecule is SCC(CS)CCSS. The Labute approximate surface area is 77.2 Å². The lowest BCUT2D eigenvalue weighted by molar-refractivity contribution is 0.658. The van der Waals surface area contributed by atoms with Crippen LogP contribution in [0.1, 0.15) is 6.42 Å². The summed E-state index contributed by atoms with van der Waals surface area (Å²) in [6, 6.07) is 0. The first-order valence-electron chi connectivity index (χ1n) is 2.83. The van der Waals surface area contributed by atoms with Gasteiger partial charge in [0.1, 0.15) is 0 Å². The minimum Gasteiger partial charge on any atom is -0.179 e. The van der Waals surface area contributed by atoms with Gasteiger partial charge < -0.3 is 0 Å². The van der Waals surface area contributed by atoms with E-state index in [0.29, 0.717) is 5.92 Å². The first-order chi connectivity index (χ1) is 4.35. The molecule has 0 radical (unpaired) electrons. The smallest absolute Gasteiger partial charge is 0.00377 e. The van der Waals surface area contributed by atoms with Crippen LogP contribution in [0.3, 0.4) is 0 Å². The van der Waals surface area contributed by atoms with Crippen LogP contribution in [0.25, 0.3) is 0 Å². The van der Waals surface area contributed by atoms with E-state index in [1.807, 2.05) is 0 Å². The van der Waals surface area contributed by atoms with Crippen molar-refractivity contribution in [3.05, 3.63) is 0 Å². The summed E-state index contributed by atoms with van der Waals surface area (Å²) in [4.78, 5) is 0. The Hall–Kier alpha value is 1.40. The summed E-state index contributed by atoms with van der Waals surface area (Å²) in [7, 11) is 1.59. The normalized spacial score (nSPS) is 10.7. The van der Waals surface area contributed by atoms with E-state index in [1.165, 1.54) is 6.42 Å². The summed E-state index contributed by atoms with van der Waals surface area (Å²) >= 11 is 12.4. The van der Waals surface area contributed by atoms with Crippen molar-refractivity contribution in [1.82, 2.24) is 0 Å². The minimum absolute atomic E-state index is 0.663. The predicted molar refractivity (Wildman–Crippen MR) is 57.3 cm³/mol. The van der Waals surface area contributed by atoms with Crippen LogP contribution in [-0.4, -0.2) is 17.3 Å². The zero-order valence-electron chi connectivity index (χ0n) is 5.16. The maximum absolute atomic E-state index is 4.19. The summed E-state index contributed by atoms with van der Waals surface area (Å²) in [6.45, 7) is 0. The molecule has 0 aliphatic heterocycles. The molecule has 0 saturated carbocycles. The second-order valence-corrected chi connectivity index (χ2v) is 4.02. The van der Waals surface area contributed by atoms with Gasteiger partial charge in [0.25, 0.3) is 0 Å². The lowest BCUT2D eigenvalue weighted by Crippen LogP contribution is -2.04. The highest BCUT2D eigenvalue weighted by molar-refractivity contribution is 8.68. The molecular weight excluding hydrogens is 188 g/mol. The standard InChI is InChI=1S/C5H12S4/c6-3-5(4-7)1-2-9-8/h5-8H,1-4H2. The molecule has 0 unspecified atom stereocenters. The van der Waals surface area contributed by atoms with Gasteiger partial charge in [0.15, 0.2) is 0 Å². The Bertz CT molecular complexity index is 52.9. The first kappa shape index (κ1) is 10.4. The molecular formula is C5H12S4. The van der Waals surface area contributed by atoms with Crippen LogP contribution >= 0.6 is 47.7 Å². The van der Waals surface area contributed by atoms with Crippen LogP contribution in [0.5, 0.6) is 0 Å². The average Bonchev–Trinajstić information content (AvgIpc) is 1.91. The molecule has 0 aromatic heterocycles. The van der Waals surface area contributed by atoms with E-state index in [1.54, 1.807) is 10.8 Å². The third-order valence-electron chi connectivity index (χ3n) is 1.13. The van der Waals surface area contributed by atoms with Gasteiger partial charge in [-0.05, 0) is 23.8 Å². The van der Waals surface area contributed by atoms with Crippen LogP contribution in [0.4, 0.5) is 0 Å². The molecule has 0 aliphatic carbocycles. The molecule has 0 aromatic carbocycles. The van der Waals surface area contributed by atoms with E-state index < -0.39 is 0 Å². The Morgan fingerprint density at radius 1 is 1.22 bits per heavy atom. The highest BCUT2D eigenvalue weighted by Gasteiger charge is 2.01. The van der Waals surface area contributed by atoms with E-state index in [9.17, 15) is 0 Å². The van der Waals surface area contributed by atoms with Gasteiger partial charge in [-0.2, -0.15) is 25.3 Å². The lowest BCUT2D eigenvalue weighted by Gasteiger charge is -2.07. The van der Waals surface area contributed by atoms with E-state index in [-0.39, 0.29) is 0 Å². The van der Waals surface area contributed by atoms with Crippen molar-refractivity contribution < 1.29 is 0 Å². The lowest BCUT2D eigenvalue weighted by atomic mass is 10.1. The highest BCUT2D eigenvalue weighted by Crippen LogP contribution is 2.14. The fraction of sp³-hybridized carbons (Fsp3) is 1.00. The van der Waals surface area contributed by atoms with Crippen LogP contribution < -0.4 is 0 Å². The Kier molecular flexibility index (Phi) is 8.67. The summed E-state index contributed by atoms with van der Waals surface area (Å²) in [5.74, 6) is 3.65. The van der Waals surface area contributed by atoms with Crippen LogP contribution in [-0.2, 0) is 0 Å². The largest absolute Gasteiger partial charge is 0.179 e. The number of rotatable bonds is 5. The van der Waals surface area contributed by atoms with E-state index in [2.05, 4.69) is 36.9 Å². The molecule has 0 spiro atoms. The summed E-state index contributed by atoms with van der Waals surface area (Å²) < 4.78 is 0. The zero-order valence-corrected chi connectivity index (χ0v) is 8.66. The van der Waals surface area contributed by atoms with Crippen molar-refractivity contribution in [3.8, 4) is 0 Å². The van der Waals surface area contributed by atoms with Crippen molar-refractivity contribution >= 4 is 47.7 Å². The van der Waals surface area contributed by atoms with Gasteiger partial charge in [-0.25, -0.2) is 0 Å². The topological polar surface area (TPSA) is 0 Å². The monoisotopic (exact) mass is 200 g/mol. The Balaban J connectivity index is 3.09. The van der Waals surface area contributed by atoms with Gasteiger partial charge in [-0.3, -0.25) is 0 Å². The molecule has 0 aromatic rings. The number of hydrogen-bond acceptors (Lipinski definition) is 4. The van der Waals surface area contributed by atoms with E-state index >= 15 is 0 Å². The fourth-order valence-electron chi connectivity index (χ4n) is 0.460. The van der Waals surface area contributed by atoms with E-state index in [0.717, 1.165) is 17.3 Å². The number of thiol groups is 3. The molecule has 0 bridgehead atoms. The van der Waals surface area contributed by atoms with Gasteiger partial charge in [0.05, 0.1) is 0 Å². The minimum atomic E-state index is 0.663. The zero-order chi connectivity index (χ0) is 7.11. The molecule has 0 amide bonds. The van der Waals surface area contributed by atoms with Crippen molar-refractivity contribution in [2.24, 2.45) is 5.92 Å². The van der Waals surface area contributed by atoms with Crippen LogP contribution in [0, 0.1) is 5.92 Å². The Morgan fingerprint density at radius 2 is 1.78 bits per heavy atom. The average molecular weight is 200 g/mol. The summed E-state index contributed by atoms with van der Waals surface area (Å²) in [5, 5.41) is 0. The quantitative estimate of drug-likeness (QED) is 0.453. The Morgan fingerprint density at radius 3 is 2.11 bits per heavy atom. The van der Waals surface area contributed by atoms with Gasteiger partial charge in [0.2, 0.25) is 0 Å². The van der Waals surface area contributed by atoms with Crippen molar-refractivity contribution in [2.75, 3.05) is 17.3 Å².